The van der Waals surface area contributed by atoms with Gasteiger partial charge in [0.15, 0.2) is 0 Å². The molecule has 4 rings (SSSR count). The van der Waals surface area contributed by atoms with Crippen molar-refractivity contribution in [2.24, 2.45) is 5.92 Å². The summed E-state index contributed by atoms with van der Waals surface area (Å²) in [7, 11) is 0. The number of unbranched alkanes of at least 4 members (excludes halogenated alkanes) is 2. The maximum Gasteiger partial charge on any atom is 0.228 e. The third-order valence-electron chi connectivity index (χ3n) is 5.73. The third kappa shape index (κ3) is 6.21. The molecule has 1 aliphatic rings. The summed E-state index contributed by atoms with van der Waals surface area (Å²) in [6.45, 7) is 3.75. The van der Waals surface area contributed by atoms with Gasteiger partial charge in [-0.2, -0.15) is 4.80 Å². The predicted molar refractivity (Wildman–Crippen MR) is 121 cm³/mol. The van der Waals surface area contributed by atoms with Crippen LogP contribution < -0.4 is 5.32 Å². The second kappa shape index (κ2) is 10.8. The van der Waals surface area contributed by atoms with Gasteiger partial charge < -0.3 is 10.2 Å². The highest BCUT2D eigenvalue weighted by Crippen LogP contribution is 2.19. The lowest BCUT2D eigenvalue weighted by molar-refractivity contribution is -0.121. The van der Waals surface area contributed by atoms with E-state index < -0.39 is 0 Å². The van der Waals surface area contributed by atoms with Gasteiger partial charge in [-0.25, -0.2) is 0 Å². The standard InChI is InChI=1S/C24H30N6O/c31-24(25-22-14-6-2-7-15-22)21-13-10-17-29(19-21)16-8-3-9-18-30-27-23(26-28-30)20-11-4-1-5-12-20/h1-2,4-7,11-12,14-15,21H,3,8-10,13,16-19H2,(H,25,31). The molecule has 0 radical (unpaired) electrons. The first kappa shape index (κ1) is 21.2. The molecule has 1 atom stereocenters. The Kier molecular flexibility index (Phi) is 7.39. The zero-order valence-electron chi connectivity index (χ0n) is 17.9. The van der Waals surface area contributed by atoms with E-state index in [0.717, 1.165) is 69.5 Å². The van der Waals surface area contributed by atoms with Gasteiger partial charge in [-0.1, -0.05) is 55.0 Å². The Morgan fingerprint density at radius 1 is 0.968 bits per heavy atom. The van der Waals surface area contributed by atoms with Crippen molar-refractivity contribution < 1.29 is 4.79 Å². The summed E-state index contributed by atoms with van der Waals surface area (Å²) in [5.74, 6) is 0.890. The summed E-state index contributed by atoms with van der Waals surface area (Å²) in [6, 6.07) is 19.6. The fourth-order valence-corrected chi connectivity index (χ4v) is 4.04. The normalized spacial score (nSPS) is 16.8. The number of tetrazole rings is 1. The molecular formula is C24H30N6O. The van der Waals surface area contributed by atoms with Crippen molar-refractivity contribution in [1.82, 2.24) is 25.1 Å². The Hall–Kier alpha value is -3.06. The van der Waals surface area contributed by atoms with E-state index in [1.165, 1.54) is 0 Å². The minimum atomic E-state index is 0.0738. The number of carbonyl (C=O) groups excluding carboxylic acids is 1. The maximum atomic E-state index is 12.6. The van der Waals surface area contributed by atoms with Crippen LogP contribution in [0.1, 0.15) is 32.1 Å². The first-order valence-corrected chi connectivity index (χ1v) is 11.2. The van der Waals surface area contributed by atoms with E-state index in [-0.39, 0.29) is 11.8 Å². The van der Waals surface area contributed by atoms with E-state index in [9.17, 15) is 4.79 Å². The summed E-state index contributed by atoms with van der Waals surface area (Å²) in [5, 5.41) is 15.8. The Labute approximate surface area is 183 Å². The van der Waals surface area contributed by atoms with E-state index in [4.69, 9.17) is 0 Å². The zero-order valence-corrected chi connectivity index (χ0v) is 17.9. The van der Waals surface area contributed by atoms with Crippen LogP contribution in [-0.4, -0.2) is 50.6 Å². The topological polar surface area (TPSA) is 75.9 Å². The summed E-state index contributed by atoms with van der Waals surface area (Å²) < 4.78 is 0. The van der Waals surface area contributed by atoms with Gasteiger partial charge in [0.1, 0.15) is 0 Å². The largest absolute Gasteiger partial charge is 0.326 e. The Morgan fingerprint density at radius 2 is 1.71 bits per heavy atom. The Morgan fingerprint density at radius 3 is 2.52 bits per heavy atom. The number of rotatable bonds is 9. The van der Waals surface area contributed by atoms with E-state index in [2.05, 4.69) is 25.6 Å². The van der Waals surface area contributed by atoms with Crippen molar-refractivity contribution in [3.05, 3.63) is 60.7 Å². The van der Waals surface area contributed by atoms with Gasteiger partial charge in [0.05, 0.1) is 12.5 Å². The average molecular weight is 419 g/mol. The van der Waals surface area contributed by atoms with Crippen LogP contribution >= 0.6 is 0 Å². The highest BCUT2D eigenvalue weighted by molar-refractivity contribution is 5.92. The van der Waals surface area contributed by atoms with Crippen molar-refractivity contribution in [1.29, 1.82) is 0 Å². The molecule has 7 heteroatoms. The van der Waals surface area contributed by atoms with E-state index in [1.807, 2.05) is 60.7 Å². The summed E-state index contributed by atoms with van der Waals surface area (Å²) >= 11 is 0. The highest BCUT2D eigenvalue weighted by atomic mass is 16.1. The predicted octanol–water partition coefficient (Wildman–Crippen LogP) is 3.86. The lowest BCUT2D eigenvalue weighted by atomic mass is 9.96. The quantitative estimate of drug-likeness (QED) is 0.534. The number of likely N-dealkylation sites (tertiary alicyclic amines) is 1. The molecule has 2 heterocycles. The monoisotopic (exact) mass is 418 g/mol. The number of hydrogen-bond donors (Lipinski definition) is 1. The molecule has 1 saturated heterocycles. The molecule has 3 aromatic rings. The molecule has 0 saturated carbocycles. The van der Waals surface area contributed by atoms with Crippen molar-refractivity contribution in [2.75, 3.05) is 25.0 Å². The minimum Gasteiger partial charge on any atom is -0.326 e. The molecule has 1 aromatic heterocycles. The number of nitrogens with one attached hydrogen (secondary N) is 1. The van der Waals surface area contributed by atoms with E-state index >= 15 is 0 Å². The van der Waals surface area contributed by atoms with Crippen LogP contribution in [0.15, 0.2) is 60.7 Å². The Balaban J connectivity index is 1.15. The molecular weight excluding hydrogens is 388 g/mol. The average Bonchev–Trinajstić information content (AvgIpc) is 3.29. The fourth-order valence-electron chi connectivity index (χ4n) is 4.04. The summed E-state index contributed by atoms with van der Waals surface area (Å²) in [5.41, 5.74) is 1.87. The second-order valence-corrected chi connectivity index (χ2v) is 8.13. The molecule has 2 aromatic carbocycles. The number of para-hydroxylation sites is 1. The summed E-state index contributed by atoms with van der Waals surface area (Å²) in [4.78, 5) is 16.7. The first-order chi connectivity index (χ1) is 15.3. The van der Waals surface area contributed by atoms with Gasteiger partial charge in [0, 0.05) is 17.8 Å². The van der Waals surface area contributed by atoms with Crippen LogP contribution in [0.2, 0.25) is 0 Å². The maximum absolute atomic E-state index is 12.6. The molecule has 31 heavy (non-hydrogen) atoms. The molecule has 0 spiro atoms. The van der Waals surface area contributed by atoms with Crippen LogP contribution in [0.25, 0.3) is 11.4 Å². The van der Waals surface area contributed by atoms with Crippen molar-refractivity contribution in [3.8, 4) is 11.4 Å². The SMILES string of the molecule is O=C(Nc1ccccc1)C1CCCN(CCCCCn2nnc(-c3ccccc3)n2)C1. The second-order valence-electron chi connectivity index (χ2n) is 8.13. The number of hydrogen-bond acceptors (Lipinski definition) is 5. The molecule has 0 aliphatic carbocycles. The summed E-state index contributed by atoms with van der Waals surface area (Å²) in [6.07, 6.45) is 5.30. The molecule has 1 fully saturated rings. The van der Waals surface area contributed by atoms with Gasteiger partial charge in [0.2, 0.25) is 11.7 Å². The number of anilines is 1. The van der Waals surface area contributed by atoms with E-state index in [1.54, 1.807) is 4.80 Å². The lowest BCUT2D eigenvalue weighted by Gasteiger charge is -2.32. The van der Waals surface area contributed by atoms with Gasteiger partial charge >= 0.3 is 0 Å². The van der Waals surface area contributed by atoms with Crippen molar-refractivity contribution >= 4 is 11.6 Å². The number of benzene rings is 2. The smallest absolute Gasteiger partial charge is 0.228 e. The molecule has 1 unspecified atom stereocenters. The molecule has 1 aliphatic heterocycles. The van der Waals surface area contributed by atoms with Crippen LogP contribution in [0.4, 0.5) is 5.69 Å². The lowest BCUT2D eigenvalue weighted by Crippen LogP contribution is -2.41. The fraction of sp³-hybridized carbons (Fsp3) is 0.417. The molecule has 162 valence electrons. The molecule has 0 bridgehead atoms. The molecule has 1 amide bonds. The van der Waals surface area contributed by atoms with Gasteiger partial charge in [-0.15, -0.1) is 10.2 Å². The van der Waals surface area contributed by atoms with Crippen molar-refractivity contribution in [2.45, 2.75) is 38.6 Å². The van der Waals surface area contributed by atoms with Crippen LogP contribution in [0.5, 0.6) is 0 Å². The minimum absolute atomic E-state index is 0.0738. The van der Waals surface area contributed by atoms with E-state index in [0.29, 0.717) is 5.82 Å². The van der Waals surface area contributed by atoms with Gasteiger partial charge in [0.25, 0.3) is 0 Å². The highest BCUT2D eigenvalue weighted by Gasteiger charge is 2.25. The van der Waals surface area contributed by atoms with Crippen molar-refractivity contribution in [3.63, 3.8) is 0 Å². The number of amides is 1. The van der Waals surface area contributed by atoms with Crippen LogP contribution in [0.3, 0.4) is 0 Å². The van der Waals surface area contributed by atoms with Crippen LogP contribution in [0, 0.1) is 5.92 Å². The van der Waals surface area contributed by atoms with Crippen LogP contribution in [-0.2, 0) is 11.3 Å². The van der Waals surface area contributed by atoms with Gasteiger partial charge in [-0.3, -0.25) is 4.79 Å². The number of aromatic nitrogens is 4. The number of piperidine rings is 1. The van der Waals surface area contributed by atoms with Gasteiger partial charge in [-0.05, 0) is 56.1 Å². The Bertz CT molecular complexity index is 943. The third-order valence-corrected chi connectivity index (χ3v) is 5.73. The number of nitrogens with zero attached hydrogens (tertiary/aromatic N) is 5. The number of aryl methyl sites for hydroxylation is 1. The molecule has 7 nitrogen and oxygen atoms in total. The number of carbonyl (C=O) groups is 1. The zero-order chi connectivity index (χ0) is 21.3. The first-order valence-electron chi connectivity index (χ1n) is 11.2. The molecule has 1 N–H and O–H groups in total.